The second-order valence-electron chi connectivity index (χ2n) is 3.98. The summed E-state index contributed by atoms with van der Waals surface area (Å²) in [6.07, 6.45) is 0. The molecule has 1 aromatic carbocycles. The average Bonchev–Trinajstić information content (AvgIpc) is 2.46. The van der Waals surface area contributed by atoms with Gasteiger partial charge in [0.1, 0.15) is 11.3 Å². The van der Waals surface area contributed by atoms with E-state index in [2.05, 4.69) is 4.90 Å². The molecule has 0 N–H and O–H groups in total. The van der Waals surface area contributed by atoms with Crippen LogP contribution < -0.4 is 9.64 Å². The van der Waals surface area contributed by atoms with Crippen LogP contribution in [0.5, 0.6) is 5.75 Å². The number of rotatable bonds is 3. The molecule has 0 atom stereocenters. The van der Waals surface area contributed by atoms with E-state index >= 15 is 0 Å². The first-order valence-electron chi connectivity index (χ1n) is 5.85. The molecule has 0 radical (unpaired) electrons. The fourth-order valence-corrected chi connectivity index (χ4v) is 2.88. The molecule has 1 aliphatic heterocycles. The Morgan fingerprint density at radius 2 is 2.00 bits per heavy atom. The predicted octanol–water partition coefficient (Wildman–Crippen LogP) is 2.04. The Kier molecular flexibility index (Phi) is 4.36. The summed E-state index contributed by atoms with van der Waals surface area (Å²) in [5.41, 5.74) is 1.56. The van der Waals surface area contributed by atoms with Crippen LogP contribution in [0.2, 0.25) is 0 Å². The van der Waals surface area contributed by atoms with Crippen LogP contribution in [0, 0.1) is 0 Å². The predicted molar refractivity (Wildman–Crippen MR) is 73.9 cm³/mol. The van der Waals surface area contributed by atoms with Crippen molar-refractivity contribution < 1.29 is 14.3 Å². The maximum Gasteiger partial charge on any atom is 0.341 e. The number of methoxy groups -OCH3 is 2. The lowest BCUT2D eigenvalue weighted by Gasteiger charge is -2.28. The highest BCUT2D eigenvalue weighted by molar-refractivity contribution is 7.99. The summed E-state index contributed by atoms with van der Waals surface area (Å²) in [4.78, 5) is 13.9. The molecule has 98 valence electrons. The number of esters is 1. The molecule has 18 heavy (non-hydrogen) atoms. The minimum absolute atomic E-state index is 0.368. The molecule has 0 amide bonds. The van der Waals surface area contributed by atoms with Crippen LogP contribution in [-0.4, -0.2) is 44.8 Å². The maximum absolute atomic E-state index is 11.6. The molecule has 1 aliphatic rings. The zero-order valence-corrected chi connectivity index (χ0v) is 11.5. The molecule has 1 heterocycles. The van der Waals surface area contributed by atoms with Crippen molar-refractivity contribution in [2.24, 2.45) is 0 Å². The second kappa shape index (κ2) is 6.00. The zero-order chi connectivity index (χ0) is 13.0. The molecule has 0 bridgehead atoms. The number of benzene rings is 1. The quantitative estimate of drug-likeness (QED) is 0.784. The highest BCUT2D eigenvalue weighted by atomic mass is 32.2. The van der Waals surface area contributed by atoms with E-state index < -0.39 is 0 Å². The van der Waals surface area contributed by atoms with Crippen LogP contribution in [0.4, 0.5) is 5.69 Å². The van der Waals surface area contributed by atoms with Gasteiger partial charge in [0.15, 0.2) is 0 Å². The minimum Gasteiger partial charge on any atom is -0.496 e. The van der Waals surface area contributed by atoms with Gasteiger partial charge in [0.2, 0.25) is 0 Å². The Morgan fingerprint density at radius 3 is 2.61 bits per heavy atom. The third-order valence-corrected chi connectivity index (χ3v) is 3.91. The molecular weight excluding hydrogens is 250 g/mol. The highest BCUT2D eigenvalue weighted by Gasteiger charge is 2.16. The molecule has 1 aromatic rings. The maximum atomic E-state index is 11.6. The molecule has 1 fully saturated rings. The van der Waals surface area contributed by atoms with Crippen LogP contribution in [0.1, 0.15) is 10.4 Å². The van der Waals surface area contributed by atoms with Crippen molar-refractivity contribution in [3.63, 3.8) is 0 Å². The summed E-state index contributed by atoms with van der Waals surface area (Å²) < 4.78 is 10.00. The first-order valence-corrected chi connectivity index (χ1v) is 7.01. The molecule has 1 saturated heterocycles. The first kappa shape index (κ1) is 13.1. The van der Waals surface area contributed by atoms with Gasteiger partial charge in [-0.2, -0.15) is 11.8 Å². The van der Waals surface area contributed by atoms with Gasteiger partial charge in [0.25, 0.3) is 0 Å². The van der Waals surface area contributed by atoms with Crippen molar-refractivity contribution in [3.05, 3.63) is 23.8 Å². The Morgan fingerprint density at radius 1 is 1.28 bits per heavy atom. The number of nitrogens with zero attached hydrogens (tertiary/aromatic N) is 1. The van der Waals surface area contributed by atoms with Gasteiger partial charge in [-0.3, -0.25) is 0 Å². The number of hydrogen-bond donors (Lipinski definition) is 0. The first-order chi connectivity index (χ1) is 8.76. The number of thioether (sulfide) groups is 1. The van der Waals surface area contributed by atoms with E-state index in [0.717, 1.165) is 30.3 Å². The van der Waals surface area contributed by atoms with Crippen molar-refractivity contribution in [2.45, 2.75) is 0 Å². The molecule has 0 saturated carbocycles. The Labute approximate surface area is 111 Å². The van der Waals surface area contributed by atoms with Crippen molar-refractivity contribution in [1.82, 2.24) is 0 Å². The van der Waals surface area contributed by atoms with E-state index in [1.807, 2.05) is 23.9 Å². The lowest BCUT2D eigenvalue weighted by Crippen LogP contribution is -2.32. The van der Waals surface area contributed by atoms with Crippen LogP contribution in [-0.2, 0) is 4.74 Å². The molecule has 0 unspecified atom stereocenters. The Balaban J connectivity index is 2.26. The summed E-state index contributed by atoms with van der Waals surface area (Å²) in [5, 5.41) is 0. The number of hydrogen-bond acceptors (Lipinski definition) is 5. The monoisotopic (exact) mass is 267 g/mol. The van der Waals surface area contributed by atoms with Crippen molar-refractivity contribution in [3.8, 4) is 5.75 Å². The Hall–Kier alpha value is -1.36. The zero-order valence-electron chi connectivity index (χ0n) is 10.6. The van der Waals surface area contributed by atoms with Gasteiger partial charge in [-0.1, -0.05) is 0 Å². The van der Waals surface area contributed by atoms with Crippen LogP contribution >= 0.6 is 11.8 Å². The summed E-state index contributed by atoms with van der Waals surface area (Å²) >= 11 is 1.97. The normalized spacial score (nSPS) is 15.3. The van der Waals surface area contributed by atoms with Crippen LogP contribution in [0.25, 0.3) is 0 Å². The lowest BCUT2D eigenvalue weighted by atomic mass is 10.1. The molecule has 0 aromatic heterocycles. The van der Waals surface area contributed by atoms with E-state index in [4.69, 9.17) is 9.47 Å². The van der Waals surface area contributed by atoms with E-state index in [-0.39, 0.29) is 5.97 Å². The summed E-state index contributed by atoms with van der Waals surface area (Å²) in [7, 11) is 2.94. The molecule has 2 rings (SSSR count). The average molecular weight is 267 g/mol. The number of carbonyl (C=O) groups is 1. The summed E-state index contributed by atoms with van der Waals surface area (Å²) in [6, 6.07) is 5.62. The third kappa shape index (κ3) is 2.72. The van der Waals surface area contributed by atoms with Gasteiger partial charge in [-0.15, -0.1) is 0 Å². The minimum atomic E-state index is -0.368. The molecule has 0 spiro atoms. The molecule has 4 nitrogen and oxygen atoms in total. The number of ether oxygens (including phenoxy) is 2. The van der Waals surface area contributed by atoms with E-state index in [1.54, 1.807) is 13.2 Å². The summed E-state index contributed by atoms with van der Waals surface area (Å²) in [6.45, 7) is 2.07. The summed E-state index contributed by atoms with van der Waals surface area (Å²) in [5.74, 6) is 2.48. The molecular formula is C13H17NO3S. The fraction of sp³-hybridized carbons (Fsp3) is 0.462. The second-order valence-corrected chi connectivity index (χ2v) is 5.20. The highest BCUT2D eigenvalue weighted by Crippen LogP contribution is 2.27. The lowest BCUT2D eigenvalue weighted by molar-refractivity contribution is 0.0597. The number of anilines is 1. The third-order valence-electron chi connectivity index (χ3n) is 2.97. The van der Waals surface area contributed by atoms with E-state index in [0.29, 0.717) is 11.3 Å². The van der Waals surface area contributed by atoms with Gasteiger partial charge >= 0.3 is 5.97 Å². The largest absolute Gasteiger partial charge is 0.496 e. The van der Waals surface area contributed by atoms with Gasteiger partial charge < -0.3 is 14.4 Å². The smallest absolute Gasteiger partial charge is 0.341 e. The molecule has 5 heteroatoms. The van der Waals surface area contributed by atoms with Gasteiger partial charge in [0, 0.05) is 36.3 Å². The number of carbonyl (C=O) groups excluding carboxylic acids is 1. The molecule has 0 aliphatic carbocycles. The topological polar surface area (TPSA) is 38.8 Å². The standard InChI is InChI=1S/C13H17NO3S/c1-16-12-9-10(14-5-7-18-8-6-14)3-4-11(12)13(15)17-2/h3-4,9H,5-8H2,1-2H3. The van der Waals surface area contributed by atoms with Gasteiger partial charge in [-0.25, -0.2) is 4.79 Å². The Bertz CT molecular complexity index is 430. The van der Waals surface area contributed by atoms with E-state index in [9.17, 15) is 4.79 Å². The van der Waals surface area contributed by atoms with Crippen molar-refractivity contribution >= 4 is 23.4 Å². The van der Waals surface area contributed by atoms with Crippen LogP contribution in [0.3, 0.4) is 0 Å². The van der Waals surface area contributed by atoms with Gasteiger partial charge in [0.05, 0.1) is 14.2 Å². The van der Waals surface area contributed by atoms with Crippen molar-refractivity contribution in [2.75, 3.05) is 43.7 Å². The van der Waals surface area contributed by atoms with E-state index in [1.165, 1.54) is 7.11 Å². The SMILES string of the molecule is COC(=O)c1ccc(N2CCSCC2)cc1OC. The fourth-order valence-electron chi connectivity index (χ4n) is 1.98. The van der Waals surface area contributed by atoms with Crippen molar-refractivity contribution in [1.29, 1.82) is 0 Å². The van der Waals surface area contributed by atoms with Gasteiger partial charge in [-0.05, 0) is 12.1 Å². The van der Waals surface area contributed by atoms with Crippen LogP contribution in [0.15, 0.2) is 18.2 Å².